The molecule has 0 radical (unpaired) electrons. The molecule has 1 aliphatic heterocycles. The molecule has 0 unspecified atom stereocenters. The highest BCUT2D eigenvalue weighted by atomic mass is 16.5. The van der Waals surface area contributed by atoms with Crippen LogP contribution in [0.4, 0.5) is 0 Å². The molecule has 1 aliphatic rings. The molecule has 4 nitrogen and oxygen atoms in total. The van der Waals surface area contributed by atoms with E-state index in [-0.39, 0.29) is 23.8 Å². The fraction of sp³-hybridized carbons (Fsp3) is 0.750. The second-order valence-electron chi connectivity index (χ2n) is 3.12. The maximum atomic E-state index is 10.9. The van der Waals surface area contributed by atoms with Crippen LogP contribution in [0.5, 0.6) is 0 Å². The Bertz CT molecular complexity index is 202. The number of amides is 1. The first kappa shape index (κ1) is 9.03. The van der Waals surface area contributed by atoms with Crippen LogP contribution in [-0.2, 0) is 14.3 Å². The van der Waals surface area contributed by atoms with Crippen LogP contribution >= 0.6 is 0 Å². The third-order valence-corrected chi connectivity index (χ3v) is 2.04. The molecule has 1 heterocycles. The van der Waals surface area contributed by atoms with Crippen molar-refractivity contribution in [1.82, 2.24) is 5.32 Å². The van der Waals surface area contributed by atoms with Gasteiger partial charge in [0.1, 0.15) is 0 Å². The van der Waals surface area contributed by atoms with Gasteiger partial charge in [0, 0.05) is 25.3 Å². The number of hydrogen-bond donors (Lipinski definition) is 1. The molecule has 0 aromatic rings. The Kier molecular flexibility index (Phi) is 2.68. The molecule has 68 valence electrons. The van der Waals surface area contributed by atoms with E-state index in [1.165, 1.54) is 6.92 Å². The van der Waals surface area contributed by atoms with E-state index in [9.17, 15) is 9.59 Å². The van der Waals surface area contributed by atoms with Crippen LogP contribution in [0.25, 0.3) is 0 Å². The van der Waals surface area contributed by atoms with Crippen molar-refractivity contribution in [3.8, 4) is 0 Å². The van der Waals surface area contributed by atoms with E-state index in [1.54, 1.807) is 0 Å². The van der Waals surface area contributed by atoms with Crippen molar-refractivity contribution in [3.05, 3.63) is 0 Å². The Morgan fingerprint density at radius 2 is 2.42 bits per heavy atom. The fourth-order valence-corrected chi connectivity index (χ4v) is 1.27. The Morgan fingerprint density at radius 3 is 2.83 bits per heavy atom. The molecule has 2 atom stereocenters. The average molecular weight is 171 g/mol. The Morgan fingerprint density at radius 1 is 1.75 bits per heavy atom. The van der Waals surface area contributed by atoms with E-state index in [4.69, 9.17) is 4.74 Å². The van der Waals surface area contributed by atoms with Crippen molar-refractivity contribution in [2.75, 3.05) is 6.61 Å². The van der Waals surface area contributed by atoms with E-state index in [1.807, 2.05) is 6.92 Å². The molecule has 1 rings (SSSR count). The minimum absolute atomic E-state index is 0.0413. The summed E-state index contributed by atoms with van der Waals surface area (Å²) in [6.07, 6.45) is 0.467. The molecular weight excluding hydrogens is 158 g/mol. The molecule has 0 bridgehead atoms. The van der Waals surface area contributed by atoms with E-state index >= 15 is 0 Å². The second kappa shape index (κ2) is 3.56. The summed E-state index contributed by atoms with van der Waals surface area (Å²) in [4.78, 5) is 21.3. The Hall–Kier alpha value is -1.06. The minimum atomic E-state index is -0.290. The first-order chi connectivity index (χ1) is 5.59. The van der Waals surface area contributed by atoms with Gasteiger partial charge < -0.3 is 10.1 Å². The van der Waals surface area contributed by atoms with Gasteiger partial charge in [0.05, 0.1) is 6.61 Å². The van der Waals surface area contributed by atoms with E-state index in [2.05, 4.69) is 5.32 Å². The van der Waals surface area contributed by atoms with E-state index in [0.29, 0.717) is 13.0 Å². The highest BCUT2D eigenvalue weighted by Crippen LogP contribution is 2.16. The summed E-state index contributed by atoms with van der Waals surface area (Å²) >= 11 is 0. The third-order valence-electron chi connectivity index (χ3n) is 2.04. The smallest absolute Gasteiger partial charge is 0.302 e. The zero-order valence-electron chi connectivity index (χ0n) is 7.29. The Labute approximate surface area is 71.3 Å². The lowest BCUT2D eigenvalue weighted by Gasteiger charge is -2.12. The molecular formula is C8H13NO3. The van der Waals surface area contributed by atoms with Crippen LogP contribution in [0.2, 0.25) is 0 Å². The first-order valence-corrected chi connectivity index (χ1v) is 4.02. The molecule has 4 heteroatoms. The van der Waals surface area contributed by atoms with Gasteiger partial charge in [-0.05, 0) is 6.92 Å². The van der Waals surface area contributed by atoms with Crippen LogP contribution < -0.4 is 5.32 Å². The van der Waals surface area contributed by atoms with Crippen LogP contribution in [0.3, 0.4) is 0 Å². The number of carbonyl (C=O) groups excluding carboxylic acids is 2. The molecule has 1 N–H and O–H groups in total. The van der Waals surface area contributed by atoms with Gasteiger partial charge in [0.15, 0.2) is 0 Å². The maximum Gasteiger partial charge on any atom is 0.302 e. The van der Waals surface area contributed by atoms with Crippen molar-refractivity contribution in [3.63, 3.8) is 0 Å². The van der Waals surface area contributed by atoms with Gasteiger partial charge in [-0.2, -0.15) is 0 Å². The SMILES string of the molecule is CC(=O)OC[C@H]1CC(=O)N[C@H]1C. The summed E-state index contributed by atoms with van der Waals surface area (Å²) in [5.74, 6) is -0.109. The predicted octanol–water partition coefficient (Wildman–Crippen LogP) is 0.0741. The third kappa shape index (κ3) is 2.22. The molecule has 1 saturated heterocycles. The highest BCUT2D eigenvalue weighted by Gasteiger charge is 2.29. The van der Waals surface area contributed by atoms with Gasteiger partial charge in [-0.1, -0.05) is 0 Å². The van der Waals surface area contributed by atoms with Gasteiger partial charge in [0.25, 0.3) is 0 Å². The molecule has 12 heavy (non-hydrogen) atoms. The number of carbonyl (C=O) groups is 2. The molecule has 0 aromatic carbocycles. The summed E-state index contributed by atoms with van der Waals surface area (Å²) in [5, 5.41) is 2.76. The molecule has 1 fully saturated rings. The number of ether oxygens (including phenoxy) is 1. The van der Waals surface area contributed by atoms with Crippen molar-refractivity contribution in [2.45, 2.75) is 26.3 Å². The minimum Gasteiger partial charge on any atom is -0.465 e. The normalized spacial score (nSPS) is 28.3. The van der Waals surface area contributed by atoms with Crippen LogP contribution in [0.15, 0.2) is 0 Å². The number of esters is 1. The van der Waals surface area contributed by atoms with Crippen molar-refractivity contribution >= 4 is 11.9 Å². The first-order valence-electron chi connectivity index (χ1n) is 4.02. The van der Waals surface area contributed by atoms with Gasteiger partial charge >= 0.3 is 5.97 Å². The maximum absolute atomic E-state index is 10.9. The zero-order chi connectivity index (χ0) is 9.14. The lowest BCUT2D eigenvalue weighted by atomic mass is 10.0. The largest absolute Gasteiger partial charge is 0.465 e. The lowest BCUT2D eigenvalue weighted by molar-refractivity contribution is -0.142. The monoisotopic (exact) mass is 171 g/mol. The summed E-state index contributed by atoms with van der Waals surface area (Å²) < 4.78 is 4.81. The van der Waals surface area contributed by atoms with Crippen molar-refractivity contribution in [1.29, 1.82) is 0 Å². The average Bonchev–Trinajstić information content (AvgIpc) is 2.26. The van der Waals surface area contributed by atoms with Gasteiger partial charge in [-0.15, -0.1) is 0 Å². The standard InChI is InChI=1S/C8H13NO3/c1-5-7(3-8(11)9-5)4-12-6(2)10/h5,7H,3-4H2,1-2H3,(H,9,11)/t5-,7+/m0/s1. The molecule has 0 saturated carbocycles. The van der Waals surface area contributed by atoms with E-state index in [0.717, 1.165) is 0 Å². The summed E-state index contributed by atoms with van der Waals surface area (Å²) in [7, 11) is 0. The molecule has 0 aromatic heterocycles. The fourth-order valence-electron chi connectivity index (χ4n) is 1.27. The van der Waals surface area contributed by atoms with Gasteiger partial charge in [0.2, 0.25) is 5.91 Å². The molecule has 0 aliphatic carbocycles. The summed E-state index contributed by atoms with van der Waals surface area (Å²) in [6, 6.07) is 0.122. The van der Waals surface area contributed by atoms with Crippen LogP contribution in [0, 0.1) is 5.92 Å². The van der Waals surface area contributed by atoms with Crippen molar-refractivity contribution < 1.29 is 14.3 Å². The van der Waals surface area contributed by atoms with Crippen LogP contribution in [0.1, 0.15) is 20.3 Å². The molecule has 1 amide bonds. The number of nitrogens with one attached hydrogen (secondary N) is 1. The van der Waals surface area contributed by atoms with Gasteiger partial charge in [-0.25, -0.2) is 0 Å². The quantitative estimate of drug-likeness (QED) is 0.598. The zero-order valence-corrected chi connectivity index (χ0v) is 7.29. The summed E-state index contributed by atoms with van der Waals surface area (Å²) in [6.45, 7) is 3.63. The van der Waals surface area contributed by atoms with Crippen LogP contribution in [-0.4, -0.2) is 24.5 Å². The topological polar surface area (TPSA) is 55.4 Å². The predicted molar refractivity (Wildman–Crippen MR) is 42.3 cm³/mol. The highest BCUT2D eigenvalue weighted by molar-refractivity contribution is 5.79. The second-order valence-corrected chi connectivity index (χ2v) is 3.12. The van der Waals surface area contributed by atoms with Crippen molar-refractivity contribution in [2.24, 2.45) is 5.92 Å². The summed E-state index contributed by atoms with van der Waals surface area (Å²) in [5.41, 5.74) is 0. The van der Waals surface area contributed by atoms with Gasteiger partial charge in [-0.3, -0.25) is 9.59 Å². The lowest BCUT2D eigenvalue weighted by Crippen LogP contribution is -2.27. The number of hydrogen-bond acceptors (Lipinski definition) is 3. The van der Waals surface area contributed by atoms with E-state index < -0.39 is 0 Å². The Balaban J connectivity index is 2.33. The number of rotatable bonds is 2. The molecule has 0 spiro atoms.